The Morgan fingerprint density at radius 1 is 1.05 bits per heavy atom. The molecule has 1 rings (SSSR count). The Hall–Kier alpha value is -2.14. The summed E-state index contributed by atoms with van der Waals surface area (Å²) in [5.41, 5.74) is 0.693. The van der Waals surface area contributed by atoms with Gasteiger partial charge in [0.05, 0.1) is 14.2 Å². The number of methoxy groups -OCH3 is 2. The van der Waals surface area contributed by atoms with Gasteiger partial charge in [-0.3, -0.25) is 0 Å². The lowest BCUT2D eigenvalue weighted by Gasteiger charge is -1.95. The average molecular weight is 278 g/mol. The van der Waals surface area contributed by atoms with Gasteiger partial charge >= 0.3 is 11.9 Å². The number of hydrogen-bond acceptors (Lipinski definition) is 5. The molecule has 0 N–H and O–H groups in total. The number of allylic oxidation sites excluding steroid dienone is 3. The van der Waals surface area contributed by atoms with Crippen LogP contribution in [0.3, 0.4) is 0 Å². The third-order valence-electron chi connectivity index (χ3n) is 2.08. The van der Waals surface area contributed by atoms with Gasteiger partial charge < -0.3 is 9.47 Å². The Morgan fingerprint density at radius 3 is 2.05 bits per heavy atom. The molecule has 19 heavy (non-hydrogen) atoms. The standard InChI is InChI=1S/C14H14O4S/c1-17-13(15)7-5-11(6-8-14(16)18-2)10-12-4-3-9-19-12/h3-10H,1-2H3/b7-5+,8-6+. The van der Waals surface area contributed by atoms with Gasteiger partial charge in [-0.05, 0) is 35.2 Å². The predicted molar refractivity (Wildman–Crippen MR) is 74.6 cm³/mol. The van der Waals surface area contributed by atoms with Gasteiger partial charge in [-0.1, -0.05) is 6.07 Å². The van der Waals surface area contributed by atoms with Crippen molar-refractivity contribution in [2.24, 2.45) is 0 Å². The van der Waals surface area contributed by atoms with Crippen molar-refractivity contribution in [2.45, 2.75) is 0 Å². The highest BCUT2D eigenvalue weighted by Crippen LogP contribution is 2.15. The lowest BCUT2D eigenvalue weighted by molar-refractivity contribution is -0.135. The molecule has 0 atom stereocenters. The summed E-state index contributed by atoms with van der Waals surface area (Å²) in [6.07, 6.45) is 7.58. The van der Waals surface area contributed by atoms with Gasteiger partial charge in [0, 0.05) is 17.0 Å². The van der Waals surface area contributed by atoms with Crippen molar-refractivity contribution in [1.29, 1.82) is 0 Å². The van der Waals surface area contributed by atoms with Crippen LogP contribution in [0.1, 0.15) is 4.88 Å². The lowest BCUT2D eigenvalue weighted by atomic mass is 10.2. The highest BCUT2D eigenvalue weighted by atomic mass is 32.1. The van der Waals surface area contributed by atoms with E-state index < -0.39 is 11.9 Å². The number of carbonyl (C=O) groups is 2. The SMILES string of the molecule is COC(=O)/C=C/C(=Cc1cccs1)/C=C/C(=O)OC. The van der Waals surface area contributed by atoms with Crippen molar-refractivity contribution >= 4 is 29.4 Å². The molecule has 0 spiro atoms. The number of ether oxygens (including phenoxy) is 2. The first kappa shape index (κ1) is 14.9. The van der Waals surface area contributed by atoms with Crippen molar-refractivity contribution in [3.63, 3.8) is 0 Å². The summed E-state index contributed by atoms with van der Waals surface area (Å²) in [5, 5.41) is 1.94. The fourth-order valence-electron chi connectivity index (χ4n) is 1.15. The summed E-state index contributed by atoms with van der Waals surface area (Å²) in [7, 11) is 2.61. The highest BCUT2D eigenvalue weighted by molar-refractivity contribution is 7.10. The maximum absolute atomic E-state index is 11.1. The first-order chi connectivity index (χ1) is 9.15. The number of thiophene rings is 1. The molecular weight excluding hydrogens is 264 g/mol. The summed E-state index contributed by atoms with van der Waals surface area (Å²) in [5.74, 6) is -0.910. The number of esters is 2. The van der Waals surface area contributed by atoms with Gasteiger partial charge in [-0.15, -0.1) is 11.3 Å². The second kappa shape index (κ2) is 8.05. The van der Waals surface area contributed by atoms with E-state index in [1.54, 1.807) is 23.5 Å². The summed E-state index contributed by atoms with van der Waals surface area (Å²) in [6, 6.07) is 3.85. The van der Waals surface area contributed by atoms with Crippen LogP contribution in [0, 0.1) is 0 Å². The van der Waals surface area contributed by atoms with E-state index >= 15 is 0 Å². The van der Waals surface area contributed by atoms with Crippen LogP contribution in [0.4, 0.5) is 0 Å². The third kappa shape index (κ3) is 5.83. The van der Waals surface area contributed by atoms with Gasteiger partial charge in [0.15, 0.2) is 0 Å². The highest BCUT2D eigenvalue weighted by Gasteiger charge is 1.96. The molecule has 0 saturated carbocycles. The van der Waals surface area contributed by atoms with Crippen LogP contribution in [0.15, 0.2) is 47.4 Å². The molecule has 0 aromatic carbocycles. The molecule has 4 nitrogen and oxygen atoms in total. The Morgan fingerprint density at radius 2 is 1.63 bits per heavy atom. The van der Waals surface area contributed by atoms with Gasteiger partial charge in [-0.2, -0.15) is 0 Å². The number of rotatable bonds is 5. The maximum Gasteiger partial charge on any atom is 0.330 e. The number of hydrogen-bond donors (Lipinski definition) is 0. The van der Waals surface area contributed by atoms with E-state index in [4.69, 9.17) is 0 Å². The Labute approximate surface area is 115 Å². The van der Waals surface area contributed by atoms with Gasteiger partial charge in [0.2, 0.25) is 0 Å². The van der Waals surface area contributed by atoms with Crippen molar-refractivity contribution in [3.05, 3.63) is 52.3 Å². The molecule has 0 unspecified atom stereocenters. The van der Waals surface area contributed by atoms with Crippen LogP contribution in [0.25, 0.3) is 6.08 Å². The number of carbonyl (C=O) groups excluding carboxylic acids is 2. The molecule has 0 aliphatic carbocycles. The molecule has 0 bridgehead atoms. The molecule has 1 aromatic rings. The second-order valence-electron chi connectivity index (χ2n) is 3.37. The van der Waals surface area contributed by atoms with Crippen LogP contribution >= 0.6 is 11.3 Å². The van der Waals surface area contributed by atoms with E-state index in [1.807, 2.05) is 23.6 Å². The van der Waals surface area contributed by atoms with Crippen LogP contribution in [-0.2, 0) is 19.1 Å². The largest absolute Gasteiger partial charge is 0.466 e. The quantitative estimate of drug-likeness (QED) is 0.472. The summed E-state index contributed by atoms with van der Waals surface area (Å²) < 4.78 is 9.03. The molecule has 5 heteroatoms. The van der Waals surface area contributed by atoms with Gasteiger partial charge in [-0.25, -0.2) is 9.59 Å². The first-order valence-electron chi connectivity index (χ1n) is 5.43. The van der Waals surface area contributed by atoms with Crippen molar-refractivity contribution < 1.29 is 19.1 Å². The first-order valence-corrected chi connectivity index (χ1v) is 6.31. The molecule has 100 valence electrons. The van der Waals surface area contributed by atoms with Crippen molar-refractivity contribution in [2.75, 3.05) is 14.2 Å². The lowest BCUT2D eigenvalue weighted by Crippen LogP contribution is -1.95. The normalized spacial score (nSPS) is 10.6. The molecule has 1 aromatic heterocycles. The molecule has 1 heterocycles. The molecular formula is C14H14O4S. The smallest absolute Gasteiger partial charge is 0.330 e. The monoisotopic (exact) mass is 278 g/mol. The Kier molecular flexibility index (Phi) is 6.32. The van der Waals surface area contributed by atoms with Gasteiger partial charge in [0.1, 0.15) is 0 Å². The van der Waals surface area contributed by atoms with Crippen molar-refractivity contribution in [3.8, 4) is 0 Å². The molecule has 0 saturated heterocycles. The van der Waals surface area contributed by atoms with E-state index in [1.165, 1.54) is 26.4 Å². The summed E-state index contributed by atoms with van der Waals surface area (Å²) in [6.45, 7) is 0. The average Bonchev–Trinajstić information content (AvgIpc) is 2.93. The topological polar surface area (TPSA) is 52.6 Å². The summed E-state index contributed by atoms with van der Waals surface area (Å²) in [4.78, 5) is 23.1. The Bertz CT molecular complexity index is 482. The Balaban J connectivity index is 2.91. The van der Waals surface area contributed by atoms with Crippen LogP contribution in [-0.4, -0.2) is 26.2 Å². The predicted octanol–water partition coefficient (Wildman–Crippen LogP) is 2.59. The molecule has 0 aliphatic heterocycles. The summed E-state index contributed by atoms with van der Waals surface area (Å²) >= 11 is 1.55. The van der Waals surface area contributed by atoms with E-state index in [2.05, 4.69) is 9.47 Å². The minimum Gasteiger partial charge on any atom is -0.466 e. The van der Waals surface area contributed by atoms with Crippen LogP contribution in [0.2, 0.25) is 0 Å². The molecule has 0 radical (unpaired) electrons. The van der Waals surface area contributed by atoms with E-state index in [9.17, 15) is 9.59 Å². The molecule has 0 amide bonds. The fourth-order valence-corrected chi connectivity index (χ4v) is 1.83. The maximum atomic E-state index is 11.1. The zero-order valence-corrected chi connectivity index (χ0v) is 11.5. The van der Waals surface area contributed by atoms with Crippen LogP contribution < -0.4 is 0 Å². The zero-order valence-electron chi connectivity index (χ0n) is 10.7. The molecule has 0 aliphatic rings. The van der Waals surface area contributed by atoms with E-state index in [0.717, 1.165) is 4.88 Å². The van der Waals surface area contributed by atoms with Crippen molar-refractivity contribution in [1.82, 2.24) is 0 Å². The zero-order chi connectivity index (χ0) is 14.1. The van der Waals surface area contributed by atoms with E-state index in [-0.39, 0.29) is 0 Å². The van der Waals surface area contributed by atoms with Gasteiger partial charge in [0.25, 0.3) is 0 Å². The fraction of sp³-hybridized carbons (Fsp3) is 0.143. The molecule has 0 fully saturated rings. The minimum atomic E-state index is -0.455. The minimum absolute atomic E-state index is 0.455. The second-order valence-corrected chi connectivity index (χ2v) is 4.35. The van der Waals surface area contributed by atoms with E-state index in [0.29, 0.717) is 5.57 Å². The third-order valence-corrected chi connectivity index (χ3v) is 2.90. The van der Waals surface area contributed by atoms with Crippen LogP contribution in [0.5, 0.6) is 0 Å².